The Morgan fingerprint density at radius 1 is 1.18 bits per heavy atom. The van der Waals surface area contributed by atoms with Crippen molar-refractivity contribution in [1.29, 1.82) is 0 Å². The average Bonchev–Trinajstić information content (AvgIpc) is 2.77. The predicted molar refractivity (Wildman–Crippen MR) is 104 cm³/mol. The van der Waals surface area contributed by atoms with Gasteiger partial charge in [-0.2, -0.15) is 0 Å². The van der Waals surface area contributed by atoms with Crippen LogP contribution in [0.2, 0.25) is 0 Å². The largest absolute Gasteiger partial charge is 0.458 e. The molecule has 0 aromatic heterocycles. The number of carbonyl (C=O) groups is 3. The van der Waals surface area contributed by atoms with Gasteiger partial charge in [-0.1, -0.05) is 30.3 Å². The number of hydrogen-bond acceptors (Lipinski definition) is 5. The first-order valence-corrected chi connectivity index (χ1v) is 9.71. The van der Waals surface area contributed by atoms with Crippen LogP contribution < -0.4 is 0 Å². The number of ether oxygens (including phenoxy) is 1. The number of carbonyl (C=O) groups excluding carboxylic acids is 3. The summed E-state index contributed by atoms with van der Waals surface area (Å²) in [5, 5.41) is 2.72. The first kappa shape index (κ1) is 20.0. The molecule has 2 amide bonds. The number of amides is 2. The van der Waals surface area contributed by atoms with Gasteiger partial charge in [-0.05, 0) is 45.6 Å². The van der Waals surface area contributed by atoms with Crippen LogP contribution in [0.5, 0.6) is 0 Å². The van der Waals surface area contributed by atoms with Crippen LogP contribution in [0.25, 0.3) is 0 Å². The summed E-state index contributed by atoms with van der Waals surface area (Å²) in [7, 11) is 0. The lowest BCUT2D eigenvalue weighted by molar-refractivity contribution is -0.187. The number of nitrogens with zero attached hydrogens (tertiary/aromatic N) is 3. The van der Waals surface area contributed by atoms with Gasteiger partial charge in [-0.25, -0.2) is 9.80 Å². The molecule has 2 aliphatic rings. The zero-order chi connectivity index (χ0) is 20.3. The van der Waals surface area contributed by atoms with Crippen molar-refractivity contribution in [2.45, 2.75) is 64.1 Å². The fourth-order valence-electron chi connectivity index (χ4n) is 3.46. The quantitative estimate of drug-likeness (QED) is 0.591. The number of hydrogen-bond donors (Lipinski definition) is 0. The fraction of sp³-hybridized carbons (Fsp3) is 0.524. The maximum absolute atomic E-state index is 13.2. The average molecular weight is 385 g/mol. The number of rotatable bonds is 3. The second-order valence-electron chi connectivity index (χ2n) is 8.13. The Morgan fingerprint density at radius 3 is 2.57 bits per heavy atom. The van der Waals surface area contributed by atoms with E-state index in [0.29, 0.717) is 25.8 Å². The molecule has 0 N–H and O–H groups in total. The molecule has 0 spiro atoms. The smallest absolute Gasteiger partial charge is 0.331 e. The molecule has 3 rings (SSSR count). The van der Waals surface area contributed by atoms with E-state index < -0.39 is 23.7 Å². The SMILES string of the molecule is CC(C)(C)OC(=O)[C@@H]1CCCN2C(=O)CC[C@H](N=Cc3ccccc3)C(=O)N12. The second kappa shape index (κ2) is 8.12. The lowest BCUT2D eigenvalue weighted by atomic mass is 10.1. The number of esters is 1. The van der Waals surface area contributed by atoms with E-state index in [9.17, 15) is 14.4 Å². The Balaban J connectivity index is 1.86. The molecule has 28 heavy (non-hydrogen) atoms. The highest BCUT2D eigenvalue weighted by Crippen LogP contribution is 2.27. The minimum Gasteiger partial charge on any atom is -0.458 e. The van der Waals surface area contributed by atoms with Crippen LogP contribution in [-0.4, -0.2) is 58.2 Å². The van der Waals surface area contributed by atoms with E-state index in [-0.39, 0.29) is 18.2 Å². The van der Waals surface area contributed by atoms with E-state index in [1.54, 1.807) is 27.0 Å². The third-order valence-electron chi connectivity index (χ3n) is 4.72. The molecule has 7 nitrogen and oxygen atoms in total. The highest BCUT2D eigenvalue weighted by molar-refractivity contribution is 5.93. The normalized spacial score (nSPS) is 23.5. The summed E-state index contributed by atoms with van der Waals surface area (Å²) in [6.45, 7) is 5.79. The monoisotopic (exact) mass is 385 g/mol. The topological polar surface area (TPSA) is 79.3 Å². The highest BCUT2D eigenvalue weighted by Gasteiger charge is 2.45. The van der Waals surface area contributed by atoms with Gasteiger partial charge in [0.05, 0.1) is 0 Å². The molecular formula is C21H27N3O4. The van der Waals surface area contributed by atoms with Crippen LogP contribution >= 0.6 is 0 Å². The number of fused-ring (bicyclic) bond motifs is 1. The van der Waals surface area contributed by atoms with Crippen LogP contribution in [0.15, 0.2) is 35.3 Å². The van der Waals surface area contributed by atoms with Crippen LogP contribution in [0.4, 0.5) is 0 Å². The van der Waals surface area contributed by atoms with Gasteiger partial charge < -0.3 is 4.74 Å². The predicted octanol–water partition coefficient (Wildman–Crippen LogP) is 2.34. The van der Waals surface area contributed by atoms with Crippen LogP contribution in [0, 0.1) is 0 Å². The summed E-state index contributed by atoms with van der Waals surface area (Å²) >= 11 is 0. The van der Waals surface area contributed by atoms with Gasteiger partial charge in [0.25, 0.3) is 5.91 Å². The van der Waals surface area contributed by atoms with Crippen molar-refractivity contribution < 1.29 is 19.1 Å². The van der Waals surface area contributed by atoms with Gasteiger partial charge in [0.2, 0.25) is 5.91 Å². The van der Waals surface area contributed by atoms with Crippen molar-refractivity contribution in [2.75, 3.05) is 6.54 Å². The Labute approximate surface area is 165 Å². The molecule has 2 heterocycles. The van der Waals surface area contributed by atoms with Gasteiger partial charge in [0.15, 0.2) is 6.04 Å². The van der Waals surface area contributed by atoms with E-state index in [2.05, 4.69) is 4.99 Å². The van der Waals surface area contributed by atoms with Crippen molar-refractivity contribution in [3.63, 3.8) is 0 Å². The highest BCUT2D eigenvalue weighted by atomic mass is 16.6. The maximum Gasteiger partial charge on any atom is 0.331 e. The molecule has 2 fully saturated rings. The molecular weight excluding hydrogens is 358 g/mol. The van der Waals surface area contributed by atoms with E-state index in [1.807, 2.05) is 30.3 Å². The third kappa shape index (κ3) is 4.58. The number of benzene rings is 1. The molecule has 7 heteroatoms. The molecule has 2 aliphatic heterocycles. The van der Waals surface area contributed by atoms with Crippen molar-refractivity contribution in [1.82, 2.24) is 10.0 Å². The van der Waals surface area contributed by atoms with Gasteiger partial charge in [0, 0.05) is 19.2 Å². The van der Waals surface area contributed by atoms with E-state index in [1.165, 1.54) is 10.0 Å². The molecule has 0 saturated carbocycles. The van der Waals surface area contributed by atoms with Crippen LogP contribution in [0.3, 0.4) is 0 Å². The molecule has 1 aromatic carbocycles. The Morgan fingerprint density at radius 2 is 1.89 bits per heavy atom. The zero-order valence-corrected chi connectivity index (χ0v) is 16.6. The van der Waals surface area contributed by atoms with Gasteiger partial charge in [-0.15, -0.1) is 0 Å². The molecule has 0 bridgehead atoms. The second-order valence-corrected chi connectivity index (χ2v) is 8.13. The summed E-state index contributed by atoms with van der Waals surface area (Å²) in [4.78, 5) is 43.0. The third-order valence-corrected chi connectivity index (χ3v) is 4.72. The summed E-state index contributed by atoms with van der Waals surface area (Å²) in [5.41, 5.74) is 0.216. The first-order chi connectivity index (χ1) is 13.3. The van der Waals surface area contributed by atoms with Crippen LogP contribution in [-0.2, 0) is 19.1 Å². The molecule has 0 radical (unpaired) electrons. The summed E-state index contributed by atoms with van der Waals surface area (Å²) in [5.74, 6) is -0.960. The maximum atomic E-state index is 13.2. The molecule has 0 unspecified atom stereocenters. The minimum absolute atomic E-state index is 0.154. The van der Waals surface area contributed by atoms with Gasteiger partial charge in [0.1, 0.15) is 11.6 Å². The van der Waals surface area contributed by atoms with E-state index >= 15 is 0 Å². The Hall–Kier alpha value is -2.70. The molecule has 2 saturated heterocycles. The van der Waals surface area contributed by atoms with Crippen molar-refractivity contribution in [3.8, 4) is 0 Å². The molecule has 1 aromatic rings. The first-order valence-electron chi connectivity index (χ1n) is 9.71. The number of aliphatic imine (C=N–C) groups is 1. The van der Waals surface area contributed by atoms with Gasteiger partial charge >= 0.3 is 5.97 Å². The van der Waals surface area contributed by atoms with Gasteiger partial charge in [-0.3, -0.25) is 19.6 Å². The molecule has 2 atom stereocenters. The van der Waals surface area contributed by atoms with E-state index in [0.717, 1.165) is 5.56 Å². The molecule has 0 aliphatic carbocycles. The van der Waals surface area contributed by atoms with Crippen molar-refractivity contribution in [2.24, 2.45) is 4.99 Å². The number of hydrazine groups is 1. The van der Waals surface area contributed by atoms with Crippen molar-refractivity contribution in [3.05, 3.63) is 35.9 Å². The lowest BCUT2D eigenvalue weighted by Crippen LogP contribution is -2.61. The lowest BCUT2D eigenvalue weighted by Gasteiger charge is -2.42. The summed E-state index contributed by atoms with van der Waals surface area (Å²) in [6, 6.07) is 7.99. The Bertz CT molecular complexity index is 770. The van der Waals surface area contributed by atoms with Crippen LogP contribution in [0.1, 0.15) is 52.0 Å². The zero-order valence-electron chi connectivity index (χ0n) is 16.6. The minimum atomic E-state index is -0.794. The standard InChI is InChI=1S/C21H27N3O4/c1-21(2,3)28-20(27)17-10-7-13-23-18(25)12-11-16(19(26)24(17)23)22-14-15-8-5-4-6-9-15/h4-6,8-9,14,16-17H,7,10-13H2,1-3H3/t16-,17-/m0/s1. The Kier molecular flexibility index (Phi) is 5.82. The fourth-order valence-corrected chi connectivity index (χ4v) is 3.46. The van der Waals surface area contributed by atoms with Crippen molar-refractivity contribution >= 4 is 24.0 Å². The van der Waals surface area contributed by atoms with E-state index in [4.69, 9.17) is 4.74 Å². The summed E-state index contributed by atoms with van der Waals surface area (Å²) in [6.07, 6.45) is 3.32. The summed E-state index contributed by atoms with van der Waals surface area (Å²) < 4.78 is 5.51. The molecule has 150 valence electrons.